The van der Waals surface area contributed by atoms with E-state index in [1.165, 1.54) is 0 Å². The summed E-state index contributed by atoms with van der Waals surface area (Å²) in [4.78, 5) is 8.56. The van der Waals surface area contributed by atoms with Crippen molar-refractivity contribution in [1.82, 2.24) is 0 Å². The minimum atomic E-state index is -1.83. The minimum absolute atomic E-state index is 0. The first-order valence-electron chi connectivity index (χ1n) is 0.651. The molecule has 8 heavy (non-hydrogen) atoms. The van der Waals surface area contributed by atoms with Crippen LogP contribution in [0.1, 0.15) is 0 Å². The Labute approximate surface area is 99.9 Å². The standard InChI is InChI=1S/CH2O3.Co.Mn.Na.Ni.H/c2-1(3)4;;;;;/h(H2,2,3,4);;;;;. The van der Waals surface area contributed by atoms with E-state index in [0.29, 0.717) is 0 Å². The molecule has 2 N–H and O–H groups in total. The Morgan fingerprint density at radius 3 is 1.25 bits per heavy atom. The molecule has 7 heteroatoms. The molecular weight excluding hydrogens is 256 g/mol. The Bertz CT molecular complexity index is 42.3. The van der Waals surface area contributed by atoms with Crippen LogP contribution in [0.25, 0.3) is 0 Å². The van der Waals surface area contributed by atoms with Gasteiger partial charge in [-0.3, -0.25) is 0 Å². The van der Waals surface area contributed by atoms with E-state index < -0.39 is 6.16 Å². The molecule has 0 aliphatic heterocycles. The van der Waals surface area contributed by atoms with Gasteiger partial charge in [-0.15, -0.1) is 0 Å². The van der Waals surface area contributed by atoms with Crippen molar-refractivity contribution in [3.63, 3.8) is 0 Å². The third-order valence-corrected chi connectivity index (χ3v) is 0. The molecule has 0 aromatic carbocycles. The molecule has 0 atom stereocenters. The Balaban J connectivity index is -0.00000000750. The first-order valence-corrected chi connectivity index (χ1v) is 0.651. The zero-order chi connectivity index (χ0) is 3.58. The summed E-state index contributed by atoms with van der Waals surface area (Å²) in [6.45, 7) is 0. The van der Waals surface area contributed by atoms with Crippen LogP contribution in [0.2, 0.25) is 0 Å². The summed E-state index contributed by atoms with van der Waals surface area (Å²) < 4.78 is 0. The molecule has 0 amide bonds. The Morgan fingerprint density at radius 1 is 1.25 bits per heavy atom. The van der Waals surface area contributed by atoms with E-state index in [2.05, 4.69) is 0 Å². The molecule has 0 saturated carbocycles. The van der Waals surface area contributed by atoms with E-state index in [-0.39, 0.29) is 79.9 Å². The van der Waals surface area contributed by atoms with Crippen LogP contribution >= 0.6 is 0 Å². The zero-order valence-corrected chi connectivity index (χ0v) is 6.04. The molecule has 3 nitrogen and oxygen atoms in total. The van der Waals surface area contributed by atoms with Crippen molar-refractivity contribution in [2.24, 2.45) is 0 Å². The number of carbonyl (C=O) groups is 1. The molecular formula is CH3CoMnNaNiO3. The van der Waals surface area contributed by atoms with Crippen LogP contribution < -0.4 is 0 Å². The maximum Gasteiger partial charge on any atom is 0 e. The smallest absolute Gasteiger partial charge is 0 e. The van der Waals surface area contributed by atoms with E-state index in [0.717, 1.165) is 0 Å². The van der Waals surface area contributed by atoms with Gasteiger partial charge in [-0.25, -0.2) is 4.79 Å². The molecule has 52 valence electrons. The average molecular weight is 259 g/mol. The van der Waals surface area contributed by atoms with E-state index >= 15 is 0 Å². The van der Waals surface area contributed by atoms with Gasteiger partial charge in [0.05, 0.1) is 0 Å². The van der Waals surface area contributed by atoms with Crippen LogP contribution in [0, 0.1) is 0 Å². The van der Waals surface area contributed by atoms with Crippen molar-refractivity contribution in [2.75, 3.05) is 0 Å². The largest absolute Gasteiger partial charge is 0 e. The van der Waals surface area contributed by atoms with Crippen molar-refractivity contribution in [1.29, 1.82) is 0 Å². The van der Waals surface area contributed by atoms with Gasteiger partial charge in [0, 0.05) is 50.3 Å². The second-order valence-corrected chi connectivity index (χ2v) is 0.283. The van der Waals surface area contributed by atoms with Gasteiger partial charge >= 0.3 is 35.7 Å². The van der Waals surface area contributed by atoms with Gasteiger partial charge in [0.15, 0.2) is 0 Å². The number of carboxylic acid groups (broad SMARTS) is 2. The predicted molar refractivity (Wildman–Crippen MR) is 17.8 cm³/mol. The van der Waals surface area contributed by atoms with Gasteiger partial charge in [0.2, 0.25) is 0 Å². The van der Waals surface area contributed by atoms with E-state index in [1.54, 1.807) is 0 Å². The van der Waals surface area contributed by atoms with Crippen LogP contribution in [0.5, 0.6) is 0 Å². The van der Waals surface area contributed by atoms with Gasteiger partial charge in [0.25, 0.3) is 0 Å². The molecule has 0 aromatic heterocycles. The van der Waals surface area contributed by atoms with Gasteiger partial charge in [-0.05, 0) is 0 Å². The number of hydrogen-bond acceptors (Lipinski definition) is 1. The predicted octanol–water partition coefficient (Wildman–Crippen LogP) is -0.434. The van der Waals surface area contributed by atoms with Crippen LogP contribution in [-0.4, -0.2) is 45.9 Å². The maximum absolute atomic E-state index is 8.56. The minimum Gasteiger partial charge on any atom is 0 e. The zero-order valence-electron chi connectivity index (χ0n) is 2.83. The Kier molecular flexibility index (Phi) is 95.8. The van der Waals surface area contributed by atoms with Gasteiger partial charge in [-0.2, -0.15) is 0 Å². The average Bonchev–Trinajstić information content (AvgIpc) is 0.811. The Hall–Kier alpha value is 1.79. The first-order chi connectivity index (χ1) is 1.73. The van der Waals surface area contributed by atoms with Crippen molar-refractivity contribution in [3.8, 4) is 0 Å². The molecule has 0 aliphatic carbocycles. The van der Waals surface area contributed by atoms with Gasteiger partial charge in [-0.1, -0.05) is 0 Å². The van der Waals surface area contributed by atoms with Crippen LogP contribution in [0.4, 0.5) is 4.79 Å². The third-order valence-electron chi connectivity index (χ3n) is 0. The van der Waals surface area contributed by atoms with Crippen molar-refractivity contribution < 1.29 is 65.3 Å². The van der Waals surface area contributed by atoms with Crippen LogP contribution in [0.3, 0.4) is 0 Å². The Morgan fingerprint density at radius 2 is 1.25 bits per heavy atom. The molecule has 0 fully saturated rings. The molecule has 0 aromatic rings. The summed E-state index contributed by atoms with van der Waals surface area (Å²) in [5.74, 6) is 0. The van der Waals surface area contributed by atoms with Crippen LogP contribution in [0.15, 0.2) is 0 Å². The fourth-order valence-corrected chi connectivity index (χ4v) is 0. The molecule has 0 heterocycles. The summed E-state index contributed by atoms with van der Waals surface area (Å²) in [6.07, 6.45) is -1.83. The summed E-state index contributed by atoms with van der Waals surface area (Å²) in [7, 11) is 0. The van der Waals surface area contributed by atoms with E-state index in [9.17, 15) is 0 Å². The van der Waals surface area contributed by atoms with Crippen molar-refractivity contribution in [2.45, 2.75) is 0 Å². The summed E-state index contributed by atoms with van der Waals surface area (Å²) in [5, 5.41) is 13.9. The first kappa shape index (κ1) is 33.0. The molecule has 0 bridgehead atoms. The van der Waals surface area contributed by atoms with E-state index in [1.807, 2.05) is 0 Å². The molecule has 0 saturated heterocycles. The number of hydrogen-bond donors (Lipinski definition) is 2. The summed E-state index contributed by atoms with van der Waals surface area (Å²) in [5.41, 5.74) is 0. The fourth-order valence-electron chi connectivity index (χ4n) is 0. The molecule has 0 unspecified atom stereocenters. The third kappa shape index (κ3) is 112. The van der Waals surface area contributed by atoms with Gasteiger partial charge in [0.1, 0.15) is 0 Å². The molecule has 0 rings (SSSR count). The second-order valence-electron chi connectivity index (χ2n) is 0.283. The van der Waals surface area contributed by atoms with Gasteiger partial charge < -0.3 is 10.2 Å². The fraction of sp³-hybridized carbons (Fsp3) is 0. The maximum atomic E-state index is 8.56. The summed E-state index contributed by atoms with van der Waals surface area (Å²) >= 11 is 0. The number of rotatable bonds is 0. The normalized spacial score (nSPS) is 3.00. The summed E-state index contributed by atoms with van der Waals surface area (Å²) in [6, 6.07) is 0. The molecule has 2 radical (unpaired) electrons. The second kappa shape index (κ2) is 23.2. The topological polar surface area (TPSA) is 57.5 Å². The quantitative estimate of drug-likeness (QED) is 0.580. The molecule has 0 aliphatic rings. The monoisotopic (exact) mass is 258 g/mol. The SMILES string of the molecule is O=C(O)O.[Co].[Mn].[NaH].[Ni]. The molecule has 0 spiro atoms. The van der Waals surface area contributed by atoms with E-state index in [4.69, 9.17) is 15.0 Å². The van der Waals surface area contributed by atoms with Crippen molar-refractivity contribution in [3.05, 3.63) is 0 Å². The van der Waals surface area contributed by atoms with Crippen LogP contribution in [-0.2, 0) is 50.3 Å². The van der Waals surface area contributed by atoms with Crippen molar-refractivity contribution >= 4 is 35.7 Å².